The van der Waals surface area contributed by atoms with Crippen LogP contribution in [0.3, 0.4) is 0 Å². The van der Waals surface area contributed by atoms with Crippen molar-refractivity contribution < 1.29 is 0 Å². The van der Waals surface area contributed by atoms with Crippen LogP contribution in [0.1, 0.15) is 6.42 Å². The van der Waals surface area contributed by atoms with Crippen molar-refractivity contribution in [2.24, 2.45) is 0 Å². The lowest BCUT2D eigenvalue weighted by molar-refractivity contribution is 0.360. The van der Waals surface area contributed by atoms with E-state index in [-0.39, 0.29) is 0 Å². The third-order valence-electron chi connectivity index (χ3n) is 2.59. The maximum absolute atomic E-state index is 4.31. The summed E-state index contributed by atoms with van der Waals surface area (Å²) in [6.07, 6.45) is 6.51. The Hall–Kier alpha value is -1.16. The molecule has 1 aliphatic heterocycles. The van der Waals surface area contributed by atoms with Gasteiger partial charge in [0, 0.05) is 32.0 Å². The monoisotopic (exact) mass is 192 g/mol. The van der Waals surface area contributed by atoms with Gasteiger partial charge in [-0.05, 0) is 20.0 Å². The molecule has 0 amide bonds. The van der Waals surface area contributed by atoms with Crippen molar-refractivity contribution in [2.45, 2.75) is 6.42 Å². The lowest BCUT2D eigenvalue weighted by Crippen LogP contribution is -2.29. The number of hydrogen-bond donors (Lipinski definition) is 0. The highest BCUT2D eigenvalue weighted by Gasteiger charge is 2.12. The van der Waals surface area contributed by atoms with Gasteiger partial charge in [-0.25, -0.2) is 4.98 Å². The van der Waals surface area contributed by atoms with Gasteiger partial charge in [-0.1, -0.05) is 0 Å². The summed E-state index contributed by atoms with van der Waals surface area (Å²) in [5.41, 5.74) is 0. The molecule has 76 valence electrons. The van der Waals surface area contributed by atoms with Gasteiger partial charge in [0.1, 0.15) is 5.82 Å². The minimum absolute atomic E-state index is 1.00. The minimum atomic E-state index is 1.00. The second-order valence-corrected chi connectivity index (χ2v) is 3.71. The van der Waals surface area contributed by atoms with Crippen LogP contribution >= 0.6 is 0 Å². The van der Waals surface area contributed by atoms with E-state index in [4.69, 9.17) is 0 Å². The van der Waals surface area contributed by atoms with Gasteiger partial charge in [-0.3, -0.25) is 4.98 Å². The van der Waals surface area contributed by atoms with Crippen molar-refractivity contribution in [3.8, 4) is 0 Å². The fourth-order valence-electron chi connectivity index (χ4n) is 1.73. The Kier molecular flexibility index (Phi) is 2.93. The Bertz CT molecular complexity index is 275. The smallest absolute Gasteiger partial charge is 0.147 e. The Labute approximate surface area is 84.6 Å². The molecule has 0 aliphatic carbocycles. The molecule has 2 rings (SSSR count). The molecule has 1 aromatic rings. The predicted molar refractivity (Wildman–Crippen MR) is 56.4 cm³/mol. The lowest BCUT2D eigenvalue weighted by Gasteiger charge is -2.20. The molecule has 1 saturated heterocycles. The molecule has 0 radical (unpaired) electrons. The number of anilines is 1. The number of hydrogen-bond acceptors (Lipinski definition) is 4. The molecule has 2 heterocycles. The standard InChI is InChI=1S/C10H16N4/c1-13-5-2-6-14(8-7-13)10-9-11-3-4-12-10/h3-4,9H,2,5-8H2,1H3. The van der Waals surface area contributed by atoms with Gasteiger partial charge >= 0.3 is 0 Å². The highest BCUT2D eigenvalue weighted by atomic mass is 15.2. The third-order valence-corrected chi connectivity index (χ3v) is 2.59. The van der Waals surface area contributed by atoms with Crippen molar-refractivity contribution in [2.75, 3.05) is 38.1 Å². The molecule has 0 unspecified atom stereocenters. The van der Waals surface area contributed by atoms with E-state index in [1.807, 2.05) is 6.20 Å². The molecule has 4 nitrogen and oxygen atoms in total. The molecule has 0 aromatic carbocycles. The maximum atomic E-state index is 4.31. The average molecular weight is 192 g/mol. The Morgan fingerprint density at radius 1 is 1.14 bits per heavy atom. The molecule has 1 fully saturated rings. The second kappa shape index (κ2) is 4.37. The molecular weight excluding hydrogens is 176 g/mol. The summed E-state index contributed by atoms with van der Waals surface area (Å²) in [4.78, 5) is 13.1. The molecular formula is C10H16N4. The SMILES string of the molecule is CN1CCCN(c2cnccn2)CC1. The van der Waals surface area contributed by atoms with Gasteiger partial charge in [0.05, 0.1) is 6.20 Å². The van der Waals surface area contributed by atoms with E-state index in [0.717, 1.165) is 25.5 Å². The molecule has 0 N–H and O–H groups in total. The van der Waals surface area contributed by atoms with Gasteiger partial charge in [0.2, 0.25) is 0 Å². The van der Waals surface area contributed by atoms with Gasteiger partial charge in [0.15, 0.2) is 0 Å². The van der Waals surface area contributed by atoms with Crippen LogP contribution in [0.15, 0.2) is 18.6 Å². The van der Waals surface area contributed by atoms with Gasteiger partial charge < -0.3 is 9.80 Å². The summed E-state index contributed by atoms with van der Waals surface area (Å²) in [6, 6.07) is 0. The fraction of sp³-hybridized carbons (Fsp3) is 0.600. The first kappa shape index (κ1) is 9.40. The van der Waals surface area contributed by atoms with E-state index in [1.165, 1.54) is 13.0 Å². The first-order chi connectivity index (χ1) is 6.86. The maximum Gasteiger partial charge on any atom is 0.147 e. The quantitative estimate of drug-likeness (QED) is 0.653. The Morgan fingerprint density at radius 3 is 2.86 bits per heavy atom. The van der Waals surface area contributed by atoms with Crippen LogP contribution in [0.2, 0.25) is 0 Å². The van der Waals surface area contributed by atoms with Gasteiger partial charge in [-0.15, -0.1) is 0 Å². The van der Waals surface area contributed by atoms with Crippen LogP contribution in [-0.2, 0) is 0 Å². The van der Waals surface area contributed by atoms with Crippen molar-refractivity contribution in [1.82, 2.24) is 14.9 Å². The second-order valence-electron chi connectivity index (χ2n) is 3.71. The molecule has 14 heavy (non-hydrogen) atoms. The summed E-state index contributed by atoms with van der Waals surface area (Å²) >= 11 is 0. The van der Waals surface area contributed by atoms with E-state index in [0.29, 0.717) is 0 Å². The van der Waals surface area contributed by atoms with Crippen LogP contribution in [0, 0.1) is 0 Å². The number of aromatic nitrogens is 2. The minimum Gasteiger partial charge on any atom is -0.354 e. The normalized spacial score (nSPS) is 19.4. The zero-order valence-electron chi connectivity index (χ0n) is 8.56. The highest BCUT2D eigenvalue weighted by Crippen LogP contribution is 2.10. The number of rotatable bonds is 1. The van der Waals surface area contributed by atoms with Crippen molar-refractivity contribution >= 4 is 5.82 Å². The number of likely N-dealkylation sites (N-methyl/N-ethyl adjacent to an activating group) is 1. The van der Waals surface area contributed by atoms with E-state index >= 15 is 0 Å². The van der Waals surface area contributed by atoms with E-state index in [2.05, 4.69) is 26.8 Å². The van der Waals surface area contributed by atoms with Crippen LogP contribution < -0.4 is 4.90 Å². The topological polar surface area (TPSA) is 32.3 Å². The molecule has 4 heteroatoms. The largest absolute Gasteiger partial charge is 0.354 e. The van der Waals surface area contributed by atoms with Gasteiger partial charge in [0.25, 0.3) is 0 Å². The predicted octanol–water partition coefficient (Wildman–Crippen LogP) is 0.618. The lowest BCUT2D eigenvalue weighted by atomic mass is 10.4. The van der Waals surface area contributed by atoms with Crippen molar-refractivity contribution in [1.29, 1.82) is 0 Å². The van der Waals surface area contributed by atoms with Crippen LogP contribution in [0.25, 0.3) is 0 Å². The summed E-state index contributed by atoms with van der Waals surface area (Å²) in [5.74, 6) is 1.00. The molecule has 0 atom stereocenters. The van der Waals surface area contributed by atoms with E-state index < -0.39 is 0 Å². The summed E-state index contributed by atoms with van der Waals surface area (Å²) in [7, 11) is 2.17. The first-order valence-electron chi connectivity index (χ1n) is 5.06. The molecule has 0 bridgehead atoms. The van der Waals surface area contributed by atoms with Crippen LogP contribution in [0.4, 0.5) is 5.82 Å². The molecule has 0 saturated carbocycles. The van der Waals surface area contributed by atoms with Crippen LogP contribution in [0.5, 0.6) is 0 Å². The highest BCUT2D eigenvalue weighted by molar-refractivity contribution is 5.34. The van der Waals surface area contributed by atoms with E-state index in [9.17, 15) is 0 Å². The van der Waals surface area contributed by atoms with Crippen LogP contribution in [-0.4, -0.2) is 48.1 Å². The molecule has 0 spiro atoms. The summed E-state index contributed by atoms with van der Waals surface area (Å²) in [5, 5.41) is 0. The first-order valence-corrected chi connectivity index (χ1v) is 5.06. The Balaban J connectivity index is 2.04. The fourth-order valence-corrected chi connectivity index (χ4v) is 1.73. The van der Waals surface area contributed by atoms with Crippen molar-refractivity contribution in [3.63, 3.8) is 0 Å². The Morgan fingerprint density at radius 2 is 2.07 bits per heavy atom. The number of nitrogens with zero attached hydrogens (tertiary/aromatic N) is 4. The van der Waals surface area contributed by atoms with Crippen molar-refractivity contribution in [3.05, 3.63) is 18.6 Å². The molecule has 1 aromatic heterocycles. The molecule has 1 aliphatic rings. The zero-order valence-corrected chi connectivity index (χ0v) is 8.56. The summed E-state index contributed by atoms with van der Waals surface area (Å²) < 4.78 is 0. The average Bonchev–Trinajstić information content (AvgIpc) is 2.44. The van der Waals surface area contributed by atoms with E-state index in [1.54, 1.807) is 12.4 Å². The van der Waals surface area contributed by atoms with Gasteiger partial charge in [-0.2, -0.15) is 0 Å². The third kappa shape index (κ3) is 2.20. The zero-order chi connectivity index (χ0) is 9.80. The summed E-state index contributed by atoms with van der Waals surface area (Å²) in [6.45, 7) is 4.42.